The van der Waals surface area contributed by atoms with Crippen molar-refractivity contribution in [2.45, 2.75) is 26.7 Å². The number of imidazole rings is 1. The molecule has 0 spiro atoms. The summed E-state index contributed by atoms with van der Waals surface area (Å²) < 4.78 is 1.25. The van der Waals surface area contributed by atoms with Gasteiger partial charge in [-0.15, -0.1) is 11.3 Å². The van der Waals surface area contributed by atoms with Crippen LogP contribution in [-0.2, 0) is 18.3 Å². The number of anilines is 1. The minimum atomic E-state index is -0.530. The highest BCUT2D eigenvalue weighted by Gasteiger charge is 2.13. The molecule has 0 bridgehead atoms. The van der Waals surface area contributed by atoms with E-state index in [2.05, 4.69) is 25.3 Å². The summed E-state index contributed by atoms with van der Waals surface area (Å²) in [5.74, 6) is 0.283. The van der Waals surface area contributed by atoms with Crippen LogP contribution >= 0.6 is 11.3 Å². The third-order valence-corrected chi connectivity index (χ3v) is 4.66. The van der Waals surface area contributed by atoms with E-state index < -0.39 is 11.2 Å². The fourth-order valence-corrected chi connectivity index (χ4v) is 3.04. The Kier molecular flexibility index (Phi) is 4.06. The molecule has 0 aliphatic heterocycles. The lowest BCUT2D eigenvalue weighted by Gasteiger charge is -1.99. The summed E-state index contributed by atoms with van der Waals surface area (Å²) in [7, 11) is 1.52. The van der Waals surface area contributed by atoms with Crippen molar-refractivity contribution in [3.63, 3.8) is 0 Å². The molecule has 24 heavy (non-hydrogen) atoms. The largest absolute Gasteiger partial charge is 0.336 e. The SMILES string of the molecule is Cc1nc(NC(=O)CCc2nc3c([nH]2)c(=O)[nH]c(=O)n3C)sc1C. The van der Waals surface area contributed by atoms with Gasteiger partial charge in [0.1, 0.15) is 11.3 Å². The number of thiazole rings is 1. The molecule has 3 rings (SSSR count). The van der Waals surface area contributed by atoms with Crippen molar-refractivity contribution in [3.05, 3.63) is 37.2 Å². The van der Waals surface area contributed by atoms with Gasteiger partial charge in [0.25, 0.3) is 5.56 Å². The highest BCUT2D eigenvalue weighted by molar-refractivity contribution is 7.15. The molecule has 0 unspecified atom stereocenters. The summed E-state index contributed by atoms with van der Waals surface area (Å²) in [5.41, 5.74) is 0.333. The van der Waals surface area contributed by atoms with Crippen molar-refractivity contribution in [3.8, 4) is 0 Å². The fourth-order valence-electron chi connectivity index (χ4n) is 2.21. The van der Waals surface area contributed by atoms with Crippen molar-refractivity contribution >= 4 is 33.5 Å². The van der Waals surface area contributed by atoms with Crippen LogP contribution < -0.4 is 16.6 Å². The van der Waals surface area contributed by atoms with Crippen LogP contribution in [0, 0.1) is 13.8 Å². The second-order valence-corrected chi connectivity index (χ2v) is 6.61. The maximum absolute atomic E-state index is 12.0. The van der Waals surface area contributed by atoms with Crippen LogP contribution in [0.2, 0.25) is 0 Å². The van der Waals surface area contributed by atoms with E-state index in [1.165, 1.54) is 23.0 Å². The van der Waals surface area contributed by atoms with Crippen LogP contribution in [0.4, 0.5) is 5.13 Å². The van der Waals surface area contributed by atoms with Crippen molar-refractivity contribution in [1.82, 2.24) is 24.5 Å². The highest BCUT2D eigenvalue weighted by Crippen LogP contribution is 2.21. The van der Waals surface area contributed by atoms with E-state index in [1.54, 1.807) is 0 Å². The Labute approximate surface area is 139 Å². The number of rotatable bonds is 4. The van der Waals surface area contributed by atoms with E-state index in [-0.39, 0.29) is 23.5 Å². The Balaban J connectivity index is 1.72. The lowest BCUT2D eigenvalue weighted by molar-refractivity contribution is -0.116. The molecular formula is C14H16N6O3S. The molecule has 0 fully saturated rings. The van der Waals surface area contributed by atoms with Gasteiger partial charge in [-0.25, -0.2) is 14.8 Å². The average molecular weight is 348 g/mol. The zero-order chi connectivity index (χ0) is 17.4. The van der Waals surface area contributed by atoms with Crippen LogP contribution in [0.15, 0.2) is 9.59 Å². The summed E-state index contributed by atoms with van der Waals surface area (Å²) >= 11 is 1.42. The number of nitrogens with one attached hydrogen (secondary N) is 3. The van der Waals surface area contributed by atoms with Crippen molar-refractivity contribution in [1.29, 1.82) is 0 Å². The average Bonchev–Trinajstić information content (AvgIpc) is 3.07. The standard InChI is InChI=1S/C14H16N6O3S/c1-6-7(2)24-13(15-6)18-9(21)5-4-8-16-10-11(17-8)20(3)14(23)19-12(10)22/h4-5H2,1-3H3,(H,16,17)(H,15,18,21)(H,19,22,23). The summed E-state index contributed by atoms with van der Waals surface area (Å²) in [6.45, 7) is 3.83. The third-order valence-electron chi connectivity index (χ3n) is 3.67. The molecule has 3 N–H and O–H groups in total. The van der Waals surface area contributed by atoms with Gasteiger partial charge in [-0.05, 0) is 13.8 Å². The lowest BCUT2D eigenvalue weighted by Crippen LogP contribution is -2.28. The molecule has 3 aromatic heterocycles. The topological polar surface area (TPSA) is 126 Å². The molecule has 0 saturated carbocycles. The van der Waals surface area contributed by atoms with Crippen molar-refractivity contribution in [2.75, 3.05) is 5.32 Å². The predicted octanol–water partition coefficient (Wildman–Crippen LogP) is 0.595. The number of fused-ring (bicyclic) bond motifs is 1. The molecule has 0 radical (unpaired) electrons. The minimum absolute atomic E-state index is 0.184. The number of aromatic nitrogens is 5. The summed E-state index contributed by atoms with van der Waals surface area (Å²) in [5, 5.41) is 3.31. The number of H-pyrrole nitrogens is 2. The number of aromatic amines is 2. The van der Waals surface area contributed by atoms with Gasteiger partial charge in [-0.3, -0.25) is 19.1 Å². The summed E-state index contributed by atoms with van der Waals surface area (Å²) in [4.78, 5) is 49.9. The molecule has 10 heteroatoms. The zero-order valence-electron chi connectivity index (χ0n) is 13.4. The highest BCUT2D eigenvalue weighted by atomic mass is 32.1. The third kappa shape index (κ3) is 3.00. The Morgan fingerprint density at radius 1 is 1.25 bits per heavy atom. The number of hydrogen-bond acceptors (Lipinski definition) is 6. The van der Waals surface area contributed by atoms with E-state index in [1.807, 2.05) is 13.8 Å². The molecule has 0 aromatic carbocycles. The molecule has 126 valence electrons. The van der Waals surface area contributed by atoms with Crippen LogP contribution in [0.5, 0.6) is 0 Å². The van der Waals surface area contributed by atoms with Gasteiger partial charge < -0.3 is 10.3 Å². The van der Waals surface area contributed by atoms with Gasteiger partial charge >= 0.3 is 5.69 Å². The quantitative estimate of drug-likeness (QED) is 0.636. The molecular weight excluding hydrogens is 332 g/mol. The van der Waals surface area contributed by atoms with Gasteiger partial charge in [0, 0.05) is 24.8 Å². The smallest absolute Gasteiger partial charge is 0.329 e. The van der Waals surface area contributed by atoms with Gasteiger partial charge in [0.2, 0.25) is 5.91 Å². The Bertz CT molecular complexity index is 1020. The number of carbonyl (C=O) groups excluding carboxylic acids is 1. The molecule has 0 aliphatic carbocycles. The summed E-state index contributed by atoms with van der Waals surface area (Å²) in [6, 6.07) is 0. The second kappa shape index (κ2) is 6.04. The van der Waals surface area contributed by atoms with Gasteiger partial charge in [-0.2, -0.15) is 0 Å². The fraction of sp³-hybridized carbons (Fsp3) is 0.357. The van der Waals surface area contributed by atoms with E-state index >= 15 is 0 Å². The minimum Gasteiger partial charge on any atom is -0.336 e. The van der Waals surface area contributed by atoms with Crippen LogP contribution in [0.3, 0.4) is 0 Å². The second-order valence-electron chi connectivity index (χ2n) is 5.41. The number of hydrogen-bond donors (Lipinski definition) is 3. The molecule has 0 saturated heterocycles. The maximum Gasteiger partial charge on any atom is 0.329 e. The number of carbonyl (C=O) groups is 1. The van der Waals surface area contributed by atoms with E-state index in [0.29, 0.717) is 17.4 Å². The monoisotopic (exact) mass is 348 g/mol. The number of amides is 1. The molecule has 0 aliphatic rings. The van der Waals surface area contributed by atoms with Crippen molar-refractivity contribution < 1.29 is 4.79 Å². The first-order valence-electron chi connectivity index (χ1n) is 7.27. The Morgan fingerprint density at radius 3 is 2.67 bits per heavy atom. The van der Waals surface area contributed by atoms with E-state index in [0.717, 1.165) is 10.6 Å². The number of nitrogens with zero attached hydrogens (tertiary/aromatic N) is 3. The van der Waals surface area contributed by atoms with Crippen molar-refractivity contribution in [2.24, 2.45) is 7.05 Å². The van der Waals surface area contributed by atoms with Gasteiger partial charge in [0.15, 0.2) is 10.8 Å². The molecule has 3 heterocycles. The summed E-state index contributed by atoms with van der Waals surface area (Å²) in [6.07, 6.45) is 0.501. The van der Waals surface area contributed by atoms with Crippen LogP contribution in [0.1, 0.15) is 22.8 Å². The predicted molar refractivity (Wildman–Crippen MR) is 90.5 cm³/mol. The van der Waals surface area contributed by atoms with Crippen LogP contribution in [0.25, 0.3) is 11.2 Å². The molecule has 0 atom stereocenters. The number of aryl methyl sites for hydroxylation is 4. The lowest BCUT2D eigenvalue weighted by atomic mass is 10.3. The maximum atomic E-state index is 12.0. The van der Waals surface area contributed by atoms with Gasteiger partial charge in [0.05, 0.1) is 5.69 Å². The van der Waals surface area contributed by atoms with E-state index in [9.17, 15) is 14.4 Å². The van der Waals surface area contributed by atoms with E-state index in [4.69, 9.17) is 0 Å². The van der Waals surface area contributed by atoms with Crippen LogP contribution in [-0.4, -0.2) is 30.4 Å². The molecule has 1 amide bonds. The normalized spacial score (nSPS) is 11.1. The zero-order valence-corrected chi connectivity index (χ0v) is 14.2. The first-order chi connectivity index (χ1) is 11.3. The van der Waals surface area contributed by atoms with Gasteiger partial charge in [-0.1, -0.05) is 0 Å². The first kappa shape index (κ1) is 16.1. The first-order valence-corrected chi connectivity index (χ1v) is 8.08. The molecule has 9 nitrogen and oxygen atoms in total. The Morgan fingerprint density at radius 2 is 2.00 bits per heavy atom. The Hall–Kier alpha value is -2.75. The molecule has 3 aromatic rings.